The molecule has 0 aliphatic rings. The Bertz CT molecular complexity index is 1400. The molecule has 3 aromatic carbocycles. The molecular formula is C25H20FN5O2. The summed E-state index contributed by atoms with van der Waals surface area (Å²) < 4.78 is 21.8. The average Bonchev–Trinajstić information content (AvgIpc) is 3.49. The normalized spacial score (nSPS) is 10.9. The zero-order valence-electron chi connectivity index (χ0n) is 17.6. The molecule has 1 amide bonds. The van der Waals surface area contributed by atoms with E-state index in [1.165, 1.54) is 39.7 Å². The summed E-state index contributed by atoms with van der Waals surface area (Å²) in [6.45, 7) is 0.686. The minimum Gasteiger partial charge on any atom is -0.471 e. The van der Waals surface area contributed by atoms with Crippen LogP contribution in [0.5, 0.6) is 5.75 Å². The molecule has 7 nitrogen and oxygen atoms in total. The Morgan fingerprint density at radius 3 is 2.55 bits per heavy atom. The van der Waals surface area contributed by atoms with Crippen LogP contribution in [-0.2, 0) is 13.3 Å². The number of amides is 1. The summed E-state index contributed by atoms with van der Waals surface area (Å²) in [6.07, 6.45) is 3.46. The molecule has 0 saturated carbocycles. The van der Waals surface area contributed by atoms with Crippen LogP contribution in [0.3, 0.4) is 0 Å². The molecule has 5 rings (SSSR count). The van der Waals surface area contributed by atoms with Crippen molar-refractivity contribution in [3.8, 4) is 5.75 Å². The third kappa shape index (κ3) is 4.74. The molecule has 0 spiro atoms. The van der Waals surface area contributed by atoms with Crippen molar-refractivity contribution in [3.63, 3.8) is 0 Å². The number of anilines is 1. The summed E-state index contributed by atoms with van der Waals surface area (Å²) in [6, 6.07) is 23.4. The molecule has 8 heteroatoms. The lowest BCUT2D eigenvalue weighted by Crippen LogP contribution is -2.15. The van der Waals surface area contributed by atoms with Gasteiger partial charge in [-0.25, -0.2) is 9.07 Å². The quantitative estimate of drug-likeness (QED) is 0.397. The van der Waals surface area contributed by atoms with Crippen LogP contribution in [-0.4, -0.2) is 25.5 Å². The lowest BCUT2D eigenvalue weighted by atomic mass is 10.0. The molecule has 0 aliphatic heterocycles. The van der Waals surface area contributed by atoms with Gasteiger partial charge in [0.2, 0.25) is 0 Å². The van der Waals surface area contributed by atoms with Crippen LogP contribution in [0.4, 0.5) is 10.2 Å². The number of nitrogens with zero attached hydrogens (tertiary/aromatic N) is 4. The van der Waals surface area contributed by atoms with Crippen molar-refractivity contribution < 1.29 is 13.9 Å². The first-order chi connectivity index (χ1) is 16.1. The number of nitrogens with one attached hydrogen (secondary N) is 1. The summed E-state index contributed by atoms with van der Waals surface area (Å²) in [5, 5.41) is 13.8. The van der Waals surface area contributed by atoms with E-state index in [0.29, 0.717) is 18.1 Å². The molecule has 0 radical (unpaired) electrons. The fraction of sp³-hybridized carbons (Fsp3) is 0.0800. The largest absolute Gasteiger partial charge is 0.471 e. The van der Waals surface area contributed by atoms with E-state index in [0.717, 1.165) is 5.56 Å². The van der Waals surface area contributed by atoms with Gasteiger partial charge in [0.1, 0.15) is 11.6 Å². The summed E-state index contributed by atoms with van der Waals surface area (Å²) in [5.41, 5.74) is 1.38. The van der Waals surface area contributed by atoms with E-state index in [-0.39, 0.29) is 24.1 Å². The Balaban J connectivity index is 1.21. The minimum atomic E-state index is -0.369. The standard InChI is InChI=1S/C25H20FN5O2/c26-20-8-10-21(11-9-20)33-17-31-14-12-23(28-31)25(32)27-24-13-15-30(29-24)16-19-6-3-5-18-4-1-2-7-22(18)19/h1-15H,16-17H2,(H,27,29,32). The van der Waals surface area contributed by atoms with E-state index in [1.54, 1.807) is 23.0 Å². The lowest BCUT2D eigenvalue weighted by Gasteiger charge is -2.07. The molecule has 0 bridgehead atoms. The van der Waals surface area contributed by atoms with Crippen LogP contribution in [0.15, 0.2) is 91.3 Å². The van der Waals surface area contributed by atoms with E-state index in [1.807, 2.05) is 24.4 Å². The Morgan fingerprint density at radius 1 is 0.879 bits per heavy atom. The third-order valence-corrected chi connectivity index (χ3v) is 5.14. The molecule has 33 heavy (non-hydrogen) atoms. The van der Waals surface area contributed by atoms with Crippen LogP contribution in [0.25, 0.3) is 10.8 Å². The van der Waals surface area contributed by atoms with Gasteiger partial charge in [0.25, 0.3) is 5.91 Å². The first kappa shape index (κ1) is 20.4. The van der Waals surface area contributed by atoms with Crippen molar-refractivity contribution in [3.05, 3.63) is 108 Å². The number of hydrogen-bond acceptors (Lipinski definition) is 4. The van der Waals surface area contributed by atoms with Gasteiger partial charge in [-0.15, -0.1) is 0 Å². The highest BCUT2D eigenvalue weighted by Gasteiger charge is 2.12. The monoisotopic (exact) mass is 441 g/mol. The van der Waals surface area contributed by atoms with Gasteiger partial charge in [-0.05, 0) is 46.7 Å². The molecule has 0 fully saturated rings. The Kier molecular flexibility index (Phi) is 5.55. The van der Waals surface area contributed by atoms with Gasteiger partial charge in [-0.3, -0.25) is 9.48 Å². The third-order valence-electron chi connectivity index (χ3n) is 5.14. The highest BCUT2D eigenvalue weighted by atomic mass is 19.1. The van der Waals surface area contributed by atoms with Crippen LogP contribution >= 0.6 is 0 Å². The minimum absolute atomic E-state index is 0.0958. The molecule has 1 N–H and O–H groups in total. The predicted octanol–water partition coefficient (Wildman–Crippen LogP) is 4.71. The predicted molar refractivity (Wildman–Crippen MR) is 122 cm³/mol. The fourth-order valence-corrected chi connectivity index (χ4v) is 3.53. The van der Waals surface area contributed by atoms with Crippen molar-refractivity contribution >= 4 is 22.5 Å². The molecule has 2 heterocycles. The van der Waals surface area contributed by atoms with Crippen molar-refractivity contribution in [2.45, 2.75) is 13.3 Å². The van der Waals surface area contributed by atoms with Gasteiger partial charge < -0.3 is 10.1 Å². The topological polar surface area (TPSA) is 74.0 Å². The number of carbonyl (C=O) groups is 1. The van der Waals surface area contributed by atoms with Gasteiger partial charge in [-0.2, -0.15) is 10.2 Å². The Morgan fingerprint density at radius 2 is 1.67 bits per heavy atom. The number of fused-ring (bicyclic) bond motifs is 1. The zero-order chi connectivity index (χ0) is 22.6. The van der Waals surface area contributed by atoms with E-state index >= 15 is 0 Å². The van der Waals surface area contributed by atoms with Crippen LogP contribution in [0.2, 0.25) is 0 Å². The average molecular weight is 441 g/mol. The van der Waals surface area contributed by atoms with Crippen molar-refractivity contribution in [1.82, 2.24) is 19.6 Å². The van der Waals surface area contributed by atoms with E-state index in [4.69, 9.17) is 4.74 Å². The highest BCUT2D eigenvalue weighted by molar-refractivity contribution is 6.02. The maximum absolute atomic E-state index is 13.0. The number of hydrogen-bond donors (Lipinski definition) is 1. The Hall–Kier alpha value is -4.46. The van der Waals surface area contributed by atoms with Crippen molar-refractivity contribution in [2.24, 2.45) is 0 Å². The Labute approximate surface area is 189 Å². The van der Waals surface area contributed by atoms with Gasteiger partial charge in [0, 0.05) is 18.5 Å². The van der Waals surface area contributed by atoms with E-state index in [9.17, 15) is 9.18 Å². The molecule has 0 aliphatic carbocycles. The summed E-state index contributed by atoms with van der Waals surface area (Å²) in [5.74, 6) is 0.248. The summed E-state index contributed by atoms with van der Waals surface area (Å²) >= 11 is 0. The number of carbonyl (C=O) groups excluding carboxylic acids is 1. The number of rotatable bonds is 7. The summed E-state index contributed by atoms with van der Waals surface area (Å²) in [7, 11) is 0. The lowest BCUT2D eigenvalue weighted by molar-refractivity contribution is 0.101. The van der Waals surface area contributed by atoms with Gasteiger partial charge in [0.05, 0.1) is 6.54 Å². The molecular weight excluding hydrogens is 421 g/mol. The second kappa shape index (κ2) is 8.96. The van der Waals surface area contributed by atoms with Crippen LogP contribution in [0, 0.1) is 5.82 Å². The van der Waals surface area contributed by atoms with Gasteiger partial charge >= 0.3 is 0 Å². The number of aromatic nitrogens is 4. The van der Waals surface area contributed by atoms with E-state index < -0.39 is 0 Å². The molecule has 164 valence electrons. The zero-order valence-corrected chi connectivity index (χ0v) is 17.6. The second-order valence-corrected chi connectivity index (χ2v) is 7.46. The molecule has 2 aromatic heterocycles. The van der Waals surface area contributed by atoms with Crippen LogP contribution in [0.1, 0.15) is 16.1 Å². The first-order valence-corrected chi connectivity index (χ1v) is 10.4. The second-order valence-electron chi connectivity index (χ2n) is 7.46. The molecule has 0 unspecified atom stereocenters. The van der Waals surface area contributed by atoms with Gasteiger partial charge in [0.15, 0.2) is 18.2 Å². The van der Waals surface area contributed by atoms with Crippen LogP contribution < -0.4 is 10.1 Å². The number of ether oxygens (including phenoxy) is 1. The molecule has 0 saturated heterocycles. The maximum Gasteiger partial charge on any atom is 0.277 e. The first-order valence-electron chi connectivity index (χ1n) is 10.4. The smallest absolute Gasteiger partial charge is 0.277 e. The molecule has 0 atom stereocenters. The highest BCUT2D eigenvalue weighted by Crippen LogP contribution is 2.19. The number of halogens is 1. The maximum atomic E-state index is 13.0. The van der Waals surface area contributed by atoms with E-state index in [2.05, 4.69) is 39.8 Å². The van der Waals surface area contributed by atoms with Crippen molar-refractivity contribution in [1.29, 1.82) is 0 Å². The molecule has 5 aromatic rings. The summed E-state index contributed by atoms with van der Waals surface area (Å²) in [4.78, 5) is 12.6. The number of benzene rings is 3. The SMILES string of the molecule is O=C(Nc1ccn(Cc2cccc3ccccc23)n1)c1ccn(COc2ccc(F)cc2)n1. The van der Waals surface area contributed by atoms with Crippen molar-refractivity contribution in [2.75, 3.05) is 5.32 Å². The fourth-order valence-electron chi connectivity index (χ4n) is 3.53. The van der Waals surface area contributed by atoms with Gasteiger partial charge in [-0.1, -0.05) is 42.5 Å².